The van der Waals surface area contributed by atoms with E-state index < -0.39 is 0 Å². The van der Waals surface area contributed by atoms with Gasteiger partial charge in [-0.05, 0) is 40.0 Å². The van der Waals surface area contributed by atoms with Gasteiger partial charge in [-0.2, -0.15) is 0 Å². The summed E-state index contributed by atoms with van der Waals surface area (Å²) >= 11 is 0. The Morgan fingerprint density at radius 3 is 2.79 bits per heavy atom. The topological polar surface area (TPSA) is 32.5 Å². The lowest BCUT2D eigenvalue weighted by atomic mass is 10.1. The van der Waals surface area contributed by atoms with Crippen molar-refractivity contribution in [3.05, 3.63) is 11.6 Å². The van der Waals surface area contributed by atoms with Crippen LogP contribution in [0.4, 0.5) is 0 Å². The second kappa shape index (κ2) is 6.17. The molecule has 1 aliphatic rings. The Morgan fingerprint density at radius 1 is 1.50 bits per heavy atom. The zero-order valence-corrected chi connectivity index (χ0v) is 9.50. The smallest absolute Gasteiger partial charge is 0.0166 e. The van der Waals surface area contributed by atoms with Crippen molar-refractivity contribution in [2.45, 2.75) is 12.8 Å². The van der Waals surface area contributed by atoms with Crippen LogP contribution in [0.5, 0.6) is 0 Å². The molecule has 0 aliphatic carbocycles. The first kappa shape index (κ1) is 11.7. The highest BCUT2D eigenvalue weighted by molar-refractivity contribution is 5.08. The van der Waals surface area contributed by atoms with Crippen LogP contribution in [0.1, 0.15) is 12.8 Å². The molecule has 0 aromatic carbocycles. The molecular weight excluding hydrogens is 174 g/mol. The first-order valence-electron chi connectivity index (χ1n) is 5.47. The van der Waals surface area contributed by atoms with E-state index in [1.807, 2.05) is 0 Å². The Bertz CT molecular complexity index is 187. The molecule has 3 nitrogen and oxygen atoms in total. The maximum Gasteiger partial charge on any atom is 0.0166 e. The van der Waals surface area contributed by atoms with E-state index in [4.69, 9.17) is 5.73 Å². The molecular formula is C11H23N3. The van der Waals surface area contributed by atoms with Gasteiger partial charge in [-0.25, -0.2) is 0 Å². The monoisotopic (exact) mass is 197 g/mol. The quantitative estimate of drug-likeness (QED) is 0.653. The van der Waals surface area contributed by atoms with Crippen LogP contribution in [-0.2, 0) is 0 Å². The van der Waals surface area contributed by atoms with Crippen molar-refractivity contribution >= 4 is 0 Å². The van der Waals surface area contributed by atoms with Crippen LogP contribution in [0.15, 0.2) is 11.6 Å². The van der Waals surface area contributed by atoms with Gasteiger partial charge in [0.15, 0.2) is 0 Å². The third kappa shape index (κ3) is 4.22. The SMILES string of the molecule is CN(C)CCCN1CC=C(CN)CC1. The van der Waals surface area contributed by atoms with Crippen LogP contribution in [0, 0.1) is 0 Å². The zero-order chi connectivity index (χ0) is 10.4. The van der Waals surface area contributed by atoms with Gasteiger partial charge < -0.3 is 10.6 Å². The van der Waals surface area contributed by atoms with E-state index >= 15 is 0 Å². The average molecular weight is 197 g/mol. The summed E-state index contributed by atoms with van der Waals surface area (Å²) in [6.07, 6.45) is 4.72. The largest absolute Gasteiger partial charge is 0.327 e. The lowest BCUT2D eigenvalue weighted by molar-refractivity contribution is 0.270. The minimum absolute atomic E-state index is 0.742. The second-order valence-corrected chi connectivity index (χ2v) is 4.27. The molecule has 0 aromatic heterocycles. The van der Waals surface area contributed by atoms with Crippen LogP contribution in [0.2, 0.25) is 0 Å². The van der Waals surface area contributed by atoms with Gasteiger partial charge in [-0.15, -0.1) is 0 Å². The molecule has 0 unspecified atom stereocenters. The van der Waals surface area contributed by atoms with Crippen LogP contribution in [0.3, 0.4) is 0 Å². The van der Waals surface area contributed by atoms with E-state index in [1.54, 1.807) is 0 Å². The van der Waals surface area contributed by atoms with Crippen LogP contribution >= 0.6 is 0 Å². The molecule has 1 heterocycles. The van der Waals surface area contributed by atoms with Gasteiger partial charge in [0.05, 0.1) is 0 Å². The zero-order valence-electron chi connectivity index (χ0n) is 9.50. The number of nitrogens with two attached hydrogens (primary N) is 1. The van der Waals surface area contributed by atoms with E-state index in [9.17, 15) is 0 Å². The summed E-state index contributed by atoms with van der Waals surface area (Å²) in [6.45, 7) is 5.43. The molecule has 0 amide bonds. The highest BCUT2D eigenvalue weighted by Crippen LogP contribution is 2.09. The molecule has 0 radical (unpaired) electrons. The molecule has 0 atom stereocenters. The van der Waals surface area contributed by atoms with Crippen LogP contribution in [0.25, 0.3) is 0 Å². The Kier molecular flexibility index (Phi) is 5.15. The standard InChI is InChI=1S/C11H23N3/c1-13(2)6-3-7-14-8-4-11(10-12)5-9-14/h4H,3,5-10,12H2,1-2H3. The van der Waals surface area contributed by atoms with Gasteiger partial charge in [0, 0.05) is 19.6 Å². The van der Waals surface area contributed by atoms with Crippen molar-refractivity contribution in [3.8, 4) is 0 Å². The third-order valence-corrected chi connectivity index (χ3v) is 2.73. The summed E-state index contributed by atoms with van der Waals surface area (Å²) in [7, 11) is 4.26. The van der Waals surface area contributed by atoms with Gasteiger partial charge in [-0.1, -0.05) is 11.6 Å². The maximum absolute atomic E-state index is 5.60. The summed E-state index contributed by atoms with van der Waals surface area (Å²) in [5, 5.41) is 0. The van der Waals surface area contributed by atoms with Gasteiger partial charge in [-0.3, -0.25) is 4.90 Å². The average Bonchev–Trinajstić information content (AvgIpc) is 2.18. The fourth-order valence-electron chi connectivity index (χ4n) is 1.75. The Hall–Kier alpha value is -0.380. The van der Waals surface area contributed by atoms with Crippen molar-refractivity contribution in [2.75, 3.05) is 46.8 Å². The fourth-order valence-corrected chi connectivity index (χ4v) is 1.75. The third-order valence-electron chi connectivity index (χ3n) is 2.73. The van der Waals surface area contributed by atoms with Crippen molar-refractivity contribution in [2.24, 2.45) is 5.73 Å². The summed E-state index contributed by atoms with van der Waals surface area (Å²) < 4.78 is 0. The first-order chi connectivity index (χ1) is 6.72. The first-order valence-corrected chi connectivity index (χ1v) is 5.47. The highest BCUT2D eigenvalue weighted by atomic mass is 15.1. The minimum atomic E-state index is 0.742. The Morgan fingerprint density at radius 2 is 2.29 bits per heavy atom. The molecule has 0 bridgehead atoms. The van der Waals surface area contributed by atoms with E-state index in [2.05, 4.69) is 30.0 Å². The minimum Gasteiger partial charge on any atom is -0.327 e. The molecule has 1 rings (SSSR count). The van der Waals surface area contributed by atoms with Crippen LogP contribution in [-0.4, -0.2) is 56.6 Å². The molecule has 0 spiro atoms. The number of nitrogens with zero attached hydrogens (tertiary/aromatic N) is 2. The Labute approximate surface area is 87.6 Å². The fraction of sp³-hybridized carbons (Fsp3) is 0.818. The summed E-state index contributed by atoms with van der Waals surface area (Å²) in [6, 6.07) is 0. The lowest BCUT2D eigenvalue weighted by Gasteiger charge is -2.26. The van der Waals surface area contributed by atoms with Crippen molar-refractivity contribution in [1.82, 2.24) is 9.80 Å². The van der Waals surface area contributed by atoms with Crippen molar-refractivity contribution in [1.29, 1.82) is 0 Å². The molecule has 0 fully saturated rings. The molecule has 14 heavy (non-hydrogen) atoms. The van der Waals surface area contributed by atoms with E-state index in [0.717, 1.165) is 13.1 Å². The van der Waals surface area contributed by atoms with Gasteiger partial charge in [0.2, 0.25) is 0 Å². The van der Waals surface area contributed by atoms with E-state index in [0.29, 0.717) is 0 Å². The summed E-state index contributed by atoms with van der Waals surface area (Å²) in [5.74, 6) is 0. The number of hydrogen-bond acceptors (Lipinski definition) is 3. The van der Waals surface area contributed by atoms with Gasteiger partial charge in [0.1, 0.15) is 0 Å². The summed E-state index contributed by atoms with van der Waals surface area (Å²) in [5.41, 5.74) is 7.02. The van der Waals surface area contributed by atoms with Crippen molar-refractivity contribution in [3.63, 3.8) is 0 Å². The van der Waals surface area contributed by atoms with Crippen molar-refractivity contribution < 1.29 is 0 Å². The molecule has 0 saturated heterocycles. The predicted octanol–water partition coefficient (Wildman–Crippen LogP) is 0.529. The van der Waals surface area contributed by atoms with Gasteiger partial charge in [0.25, 0.3) is 0 Å². The van der Waals surface area contributed by atoms with E-state index in [-0.39, 0.29) is 0 Å². The highest BCUT2D eigenvalue weighted by Gasteiger charge is 2.09. The number of rotatable bonds is 5. The van der Waals surface area contributed by atoms with Gasteiger partial charge >= 0.3 is 0 Å². The molecule has 0 saturated carbocycles. The Balaban J connectivity index is 2.13. The lowest BCUT2D eigenvalue weighted by Crippen LogP contribution is -2.32. The molecule has 0 aromatic rings. The molecule has 82 valence electrons. The molecule has 2 N–H and O–H groups in total. The summed E-state index contributed by atoms with van der Waals surface area (Å²) in [4.78, 5) is 4.74. The van der Waals surface area contributed by atoms with E-state index in [1.165, 1.54) is 38.0 Å². The molecule has 3 heteroatoms. The number of hydrogen-bond donors (Lipinski definition) is 1. The molecule has 1 aliphatic heterocycles. The normalized spacial score (nSPS) is 18.7. The van der Waals surface area contributed by atoms with Crippen LogP contribution < -0.4 is 5.73 Å². The maximum atomic E-state index is 5.60. The second-order valence-electron chi connectivity index (χ2n) is 4.27. The predicted molar refractivity (Wildman–Crippen MR) is 61.4 cm³/mol.